The van der Waals surface area contributed by atoms with Gasteiger partial charge in [-0.15, -0.1) is 0 Å². The van der Waals surface area contributed by atoms with Crippen molar-refractivity contribution in [2.24, 2.45) is 0 Å². The van der Waals surface area contributed by atoms with Gasteiger partial charge in [0.2, 0.25) is 0 Å². The molecule has 3 aromatic heterocycles. The fraction of sp³-hybridized carbons (Fsp3) is 0.364. The van der Waals surface area contributed by atoms with Crippen molar-refractivity contribution in [1.29, 1.82) is 0 Å². The molecule has 0 atom stereocenters. The van der Waals surface area contributed by atoms with E-state index < -0.39 is 5.60 Å². The van der Waals surface area contributed by atoms with Crippen LogP contribution in [-0.4, -0.2) is 37.7 Å². The Morgan fingerprint density at radius 3 is 2.57 bits per heavy atom. The van der Waals surface area contributed by atoms with Crippen LogP contribution in [0, 0.1) is 0 Å². The molecular weight excluding hydrogens is 352 g/mol. The zero-order valence-corrected chi connectivity index (χ0v) is 16.1. The lowest BCUT2D eigenvalue weighted by molar-refractivity contribution is 0.0786. The molecule has 5 rings (SSSR count). The van der Waals surface area contributed by atoms with Crippen LogP contribution in [0.2, 0.25) is 0 Å². The molecule has 28 heavy (non-hydrogen) atoms. The molecule has 144 valence electrons. The van der Waals surface area contributed by atoms with Crippen molar-refractivity contribution in [3.63, 3.8) is 0 Å². The summed E-state index contributed by atoms with van der Waals surface area (Å²) in [5.41, 5.74) is 4.90. The smallest absolute Gasteiger partial charge is 0.154 e. The van der Waals surface area contributed by atoms with Crippen LogP contribution in [0.25, 0.3) is 27.9 Å². The minimum Gasteiger partial charge on any atom is -0.386 e. The van der Waals surface area contributed by atoms with Gasteiger partial charge in [-0.1, -0.05) is 24.3 Å². The van der Waals surface area contributed by atoms with Crippen molar-refractivity contribution >= 4 is 16.7 Å². The van der Waals surface area contributed by atoms with Crippen molar-refractivity contribution in [1.82, 2.24) is 19.4 Å². The molecule has 6 nitrogen and oxygen atoms in total. The molecule has 0 unspecified atom stereocenters. The molecule has 0 saturated carbocycles. The second-order valence-electron chi connectivity index (χ2n) is 8.03. The topological polar surface area (TPSA) is 75.4 Å². The highest BCUT2D eigenvalue weighted by molar-refractivity contribution is 5.84. The van der Waals surface area contributed by atoms with Gasteiger partial charge in [0.15, 0.2) is 5.65 Å². The number of H-pyrrole nitrogens is 1. The number of aromatic amines is 1. The van der Waals surface area contributed by atoms with Crippen molar-refractivity contribution in [2.45, 2.75) is 38.2 Å². The molecule has 4 heterocycles. The highest BCUT2D eigenvalue weighted by Gasteiger charge is 2.25. The van der Waals surface area contributed by atoms with E-state index in [0.717, 1.165) is 65.4 Å². The quantitative estimate of drug-likeness (QED) is 0.567. The lowest BCUT2D eigenvalue weighted by Gasteiger charge is -2.21. The van der Waals surface area contributed by atoms with Gasteiger partial charge >= 0.3 is 0 Å². The highest BCUT2D eigenvalue weighted by atomic mass is 16.5. The summed E-state index contributed by atoms with van der Waals surface area (Å²) in [5.74, 6) is 1.44. The number of imidazole rings is 1. The van der Waals surface area contributed by atoms with Crippen LogP contribution in [0.15, 0.2) is 42.7 Å². The second kappa shape index (κ2) is 6.43. The van der Waals surface area contributed by atoms with Gasteiger partial charge in [0.1, 0.15) is 5.82 Å². The van der Waals surface area contributed by atoms with Crippen molar-refractivity contribution in [2.75, 3.05) is 13.2 Å². The number of aliphatic hydroxyl groups is 1. The molecule has 0 radical (unpaired) electrons. The predicted octanol–water partition coefficient (Wildman–Crippen LogP) is 4.00. The molecule has 2 N–H and O–H groups in total. The maximum Gasteiger partial charge on any atom is 0.154 e. The number of ether oxygens (including phenoxy) is 1. The average molecular weight is 376 g/mol. The maximum absolute atomic E-state index is 10.2. The lowest BCUT2D eigenvalue weighted by Crippen LogP contribution is -2.16. The Hall–Kier alpha value is -2.70. The largest absolute Gasteiger partial charge is 0.386 e. The minimum absolute atomic E-state index is 0.367. The van der Waals surface area contributed by atoms with Crippen LogP contribution in [0.3, 0.4) is 0 Å². The van der Waals surface area contributed by atoms with Gasteiger partial charge in [-0.05, 0) is 38.3 Å². The van der Waals surface area contributed by atoms with E-state index in [0.29, 0.717) is 5.92 Å². The Morgan fingerprint density at radius 2 is 1.86 bits per heavy atom. The summed E-state index contributed by atoms with van der Waals surface area (Å²) in [6, 6.07) is 10.1. The predicted molar refractivity (Wildman–Crippen MR) is 108 cm³/mol. The molecule has 0 aliphatic carbocycles. The summed E-state index contributed by atoms with van der Waals surface area (Å²) in [5, 5.41) is 10.2. The third kappa shape index (κ3) is 2.80. The number of rotatable bonds is 3. The monoisotopic (exact) mass is 376 g/mol. The first-order chi connectivity index (χ1) is 13.5. The van der Waals surface area contributed by atoms with Gasteiger partial charge in [-0.2, -0.15) is 0 Å². The zero-order valence-electron chi connectivity index (χ0n) is 16.1. The van der Waals surface area contributed by atoms with Crippen LogP contribution in [0.1, 0.15) is 44.0 Å². The molecule has 0 spiro atoms. The van der Waals surface area contributed by atoms with E-state index >= 15 is 0 Å². The number of nitrogens with one attached hydrogen (secondary N) is 1. The Labute approximate surface area is 163 Å². The van der Waals surface area contributed by atoms with E-state index in [-0.39, 0.29) is 0 Å². The number of benzene rings is 1. The van der Waals surface area contributed by atoms with E-state index in [4.69, 9.17) is 9.72 Å². The van der Waals surface area contributed by atoms with Gasteiger partial charge in [-0.25, -0.2) is 9.97 Å². The summed E-state index contributed by atoms with van der Waals surface area (Å²) >= 11 is 0. The summed E-state index contributed by atoms with van der Waals surface area (Å²) in [4.78, 5) is 12.9. The van der Waals surface area contributed by atoms with Crippen molar-refractivity contribution < 1.29 is 9.84 Å². The summed E-state index contributed by atoms with van der Waals surface area (Å²) in [6.07, 6.45) is 5.77. The molecule has 0 amide bonds. The molecule has 1 aliphatic rings. The third-order valence-electron chi connectivity index (χ3n) is 5.65. The van der Waals surface area contributed by atoms with Crippen molar-refractivity contribution in [3.8, 4) is 11.3 Å². The van der Waals surface area contributed by atoms with Crippen molar-refractivity contribution in [3.05, 3.63) is 54.1 Å². The zero-order chi connectivity index (χ0) is 19.3. The van der Waals surface area contributed by atoms with E-state index in [9.17, 15) is 5.11 Å². The Bertz CT molecular complexity index is 1130. The van der Waals surface area contributed by atoms with Gasteiger partial charge < -0.3 is 14.8 Å². The average Bonchev–Trinajstić information content (AvgIpc) is 3.32. The molecule has 1 fully saturated rings. The van der Waals surface area contributed by atoms with Crippen LogP contribution in [0.4, 0.5) is 0 Å². The van der Waals surface area contributed by atoms with E-state index in [1.807, 2.05) is 36.7 Å². The molecule has 1 aliphatic heterocycles. The third-order valence-corrected chi connectivity index (χ3v) is 5.65. The summed E-state index contributed by atoms with van der Waals surface area (Å²) in [6.45, 7) is 5.14. The number of fused-ring (bicyclic) bond motifs is 3. The van der Waals surface area contributed by atoms with Crippen LogP contribution in [-0.2, 0) is 10.3 Å². The molecule has 4 aromatic rings. The number of aromatic nitrogens is 4. The maximum atomic E-state index is 10.2. The van der Waals surface area contributed by atoms with E-state index in [2.05, 4.69) is 20.4 Å². The first-order valence-corrected chi connectivity index (χ1v) is 9.78. The Balaban J connectivity index is 1.71. The van der Waals surface area contributed by atoms with E-state index in [1.165, 1.54) is 0 Å². The fourth-order valence-electron chi connectivity index (χ4n) is 4.06. The molecule has 0 bridgehead atoms. The molecule has 1 aromatic carbocycles. The number of nitrogens with zero attached hydrogens (tertiary/aromatic N) is 3. The van der Waals surface area contributed by atoms with Gasteiger partial charge in [0, 0.05) is 30.9 Å². The lowest BCUT2D eigenvalue weighted by atomic mass is 9.96. The highest BCUT2D eigenvalue weighted by Crippen LogP contribution is 2.34. The Morgan fingerprint density at radius 1 is 1.11 bits per heavy atom. The van der Waals surface area contributed by atoms with E-state index in [1.54, 1.807) is 13.8 Å². The molecule has 1 saturated heterocycles. The van der Waals surface area contributed by atoms with Crippen LogP contribution >= 0.6 is 0 Å². The molecular formula is C22H24N4O2. The first kappa shape index (κ1) is 17.4. The first-order valence-electron chi connectivity index (χ1n) is 9.78. The van der Waals surface area contributed by atoms with Crippen LogP contribution in [0.5, 0.6) is 0 Å². The standard InChI is InChI=1S/C22H24N4O2/c1-22(2,27)16-5-3-14(4-6-16)19-18-13-24-20-17(7-10-23-20)26(18)21(25-19)15-8-11-28-12-9-15/h3-7,10,13,15,23,27H,8-9,11-12H2,1-2H3. The normalized spacial score (nSPS) is 16.2. The van der Waals surface area contributed by atoms with Gasteiger partial charge in [0.25, 0.3) is 0 Å². The van der Waals surface area contributed by atoms with Gasteiger partial charge in [0.05, 0.1) is 28.5 Å². The minimum atomic E-state index is -0.860. The number of hydrogen-bond acceptors (Lipinski definition) is 4. The fourth-order valence-corrected chi connectivity index (χ4v) is 4.06. The number of hydrogen-bond donors (Lipinski definition) is 2. The van der Waals surface area contributed by atoms with Crippen LogP contribution < -0.4 is 0 Å². The van der Waals surface area contributed by atoms with Gasteiger partial charge in [-0.3, -0.25) is 4.40 Å². The summed E-state index contributed by atoms with van der Waals surface area (Å²) < 4.78 is 7.81. The SMILES string of the molecule is CC(C)(O)c1ccc(-c2nc(C3CCOCC3)n3c2cnc2[nH]ccc23)cc1. The second-order valence-corrected chi connectivity index (χ2v) is 8.03. The molecule has 6 heteroatoms. The Kier molecular flexibility index (Phi) is 4.00. The summed E-state index contributed by atoms with van der Waals surface area (Å²) in [7, 11) is 0.